The van der Waals surface area contributed by atoms with Crippen LogP contribution in [0.4, 0.5) is 0 Å². The molecule has 3 atom stereocenters. The van der Waals surface area contributed by atoms with Gasteiger partial charge in [0.1, 0.15) is 17.5 Å². The van der Waals surface area contributed by atoms with Crippen LogP contribution in [0, 0.1) is 11.3 Å². The van der Waals surface area contributed by atoms with Crippen LogP contribution in [0.3, 0.4) is 0 Å². The average molecular weight is 569 g/mol. The Hall–Kier alpha value is -4.27. The molecule has 9 heteroatoms. The standard InChI is InChI=1S/C33H36N4O5/c38-28-12-6-10-23(28)18-25(29(39)31(41)34-20-21-7-2-1-3-8-21)36-30(40)27-19-33(13-14-33)15-16-37(27)32(42)26-17-22-9-4-5-11-24(22)35-26/h1-5,7-9,11,17,23,25,27,35H,6,10,12-16,18-20H2,(H,34,41)(H,36,40)/t23-,25?,27-/m0/s1. The predicted molar refractivity (Wildman–Crippen MR) is 156 cm³/mol. The lowest BCUT2D eigenvalue weighted by Gasteiger charge is -2.39. The maximum Gasteiger partial charge on any atom is 0.289 e. The third-order valence-electron chi connectivity index (χ3n) is 9.27. The van der Waals surface area contributed by atoms with Gasteiger partial charge in [0.15, 0.2) is 0 Å². The minimum absolute atomic E-state index is 0.0349. The summed E-state index contributed by atoms with van der Waals surface area (Å²) in [6, 6.07) is 16.7. The minimum atomic E-state index is -1.15. The van der Waals surface area contributed by atoms with Crippen LogP contribution in [0.25, 0.3) is 10.9 Å². The van der Waals surface area contributed by atoms with E-state index in [4.69, 9.17) is 0 Å². The van der Waals surface area contributed by atoms with E-state index in [-0.39, 0.29) is 36.0 Å². The zero-order valence-corrected chi connectivity index (χ0v) is 23.6. The molecule has 9 nitrogen and oxygen atoms in total. The number of hydrogen-bond acceptors (Lipinski definition) is 5. The van der Waals surface area contributed by atoms with Gasteiger partial charge in [-0.15, -0.1) is 0 Å². The summed E-state index contributed by atoms with van der Waals surface area (Å²) in [5.41, 5.74) is 2.12. The zero-order valence-electron chi connectivity index (χ0n) is 23.6. The van der Waals surface area contributed by atoms with E-state index in [9.17, 15) is 24.0 Å². The lowest BCUT2D eigenvalue weighted by Crippen LogP contribution is -2.58. The number of ketones is 2. The minimum Gasteiger partial charge on any atom is -0.351 e. The summed E-state index contributed by atoms with van der Waals surface area (Å²) in [5.74, 6) is -2.63. The first-order valence-corrected chi connectivity index (χ1v) is 14.9. The van der Waals surface area contributed by atoms with Crippen molar-refractivity contribution in [2.45, 2.75) is 70.0 Å². The molecular formula is C33H36N4O5. The Labute approximate surface area is 244 Å². The van der Waals surface area contributed by atoms with Gasteiger partial charge < -0.3 is 20.5 Å². The van der Waals surface area contributed by atoms with Gasteiger partial charge in [0, 0.05) is 36.3 Å². The second kappa shape index (κ2) is 11.5. The van der Waals surface area contributed by atoms with E-state index in [1.165, 1.54) is 0 Å². The molecule has 3 aliphatic rings. The molecule has 1 unspecified atom stereocenters. The van der Waals surface area contributed by atoms with Gasteiger partial charge in [-0.3, -0.25) is 24.0 Å². The van der Waals surface area contributed by atoms with Crippen molar-refractivity contribution in [3.05, 3.63) is 71.9 Å². The number of para-hydroxylation sites is 1. The summed E-state index contributed by atoms with van der Waals surface area (Å²) < 4.78 is 0. The van der Waals surface area contributed by atoms with Gasteiger partial charge in [0.25, 0.3) is 11.8 Å². The highest BCUT2D eigenvalue weighted by Gasteiger charge is 2.51. The number of H-pyrrole nitrogens is 1. The molecule has 3 aromatic rings. The molecule has 6 rings (SSSR count). The molecule has 1 aliphatic heterocycles. The Morgan fingerprint density at radius 3 is 2.48 bits per heavy atom. The highest BCUT2D eigenvalue weighted by molar-refractivity contribution is 6.38. The van der Waals surface area contributed by atoms with Crippen LogP contribution in [0.1, 0.15) is 67.4 Å². The Kier molecular flexibility index (Phi) is 7.66. The number of aromatic amines is 1. The second-order valence-corrected chi connectivity index (χ2v) is 12.1. The highest BCUT2D eigenvalue weighted by Crippen LogP contribution is 2.55. The highest BCUT2D eigenvalue weighted by atomic mass is 16.2. The molecule has 2 aliphatic carbocycles. The molecule has 0 radical (unpaired) electrons. The van der Waals surface area contributed by atoms with Crippen LogP contribution in [-0.4, -0.2) is 57.8 Å². The molecule has 1 saturated heterocycles. The smallest absolute Gasteiger partial charge is 0.289 e. The van der Waals surface area contributed by atoms with E-state index in [0.29, 0.717) is 31.5 Å². The SMILES string of the molecule is O=C(NCc1ccccc1)C(=O)C(C[C@@H]1CCCC1=O)NC(=O)[C@@H]1CC2(CCN1C(=O)c1cc3ccccc3[nH]1)CC2. The third-order valence-corrected chi connectivity index (χ3v) is 9.27. The molecule has 3 amide bonds. The van der Waals surface area contributed by atoms with E-state index >= 15 is 0 Å². The number of fused-ring (bicyclic) bond motifs is 1. The van der Waals surface area contributed by atoms with Gasteiger partial charge in [-0.1, -0.05) is 48.5 Å². The molecule has 1 aromatic heterocycles. The summed E-state index contributed by atoms with van der Waals surface area (Å²) in [6.45, 7) is 0.607. The molecule has 2 saturated carbocycles. The van der Waals surface area contributed by atoms with Gasteiger partial charge in [-0.05, 0) is 68.1 Å². The fourth-order valence-corrected chi connectivity index (χ4v) is 6.53. The van der Waals surface area contributed by atoms with Crippen molar-refractivity contribution in [2.24, 2.45) is 11.3 Å². The lowest BCUT2D eigenvalue weighted by molar-refractivity contribution is -0.141. The van der Waals surface area contributed by atoms with E-state index in [1.54, 1.807) is 11.0 Å². The summed E-state index contributed by atoms with van der Waals surface area (Å²) >= 11 is 0. The number of aromatic nitrogens is 1. The molecule has 3 fully saturated rings. The summed E-state index contributed by atoms with van der Waals surface area (Å²) in [4.78, 5) is 71.3. The average Bonchev–Trinajstić information content (AvgIpc) is 3.41. The summed E-state index contributed by atoms with van der Waals surface area (Å²) in [5, 5.41) is 6.40. The van der Waals surface area contributed by atoms with Crippen molar-refractivity contribution in [1.29, 1.82) is 0 Å². The number of hydrogen-bond donors (Lipinski definition) is 3. The molecule has 42 heavy (non-hydrogen) atoms. The van der Waals surface area contributed by atoms with Crippen LogP contribution in [0.15, 0.2) is 60.7 Å². The number of amides is 3. The van der Waals surface area contributed by atoms with E-state index in [0.717, 1.165) is 42.1 Å². The molecule has 1 spiro atoms. The lowest BCUT2D eigenvalue weighted by atomic mass is 9.86. The van der Waals surface area contributed by atoms with Crippen molar-refractivity contribution in [3.63, 3.8) is 0 Å². The van der Waals surface area contributed by atoms with Gasteiger partial charge in [0.05, 0.1) is 6.04 Å². The van der Waals surface area contributed by atoms with Crippen molar-refractivity contribution in [3.8, 4) is 0 Å². The summed E-state index contributed by atoms with van der Waals surface area (Å²) in [7, 11) is 0. The zero-order chi connectivity index (χ0) is 29.3. The van der Waals surface area contributed by atoms with E-state index in [1.807, 2.05) is 54.6 Å². The van der Waals surface area contributed by atoms with Crippen LogP contribution >= 0.6 is 0 Å². The molecule has 2 heterocycles. The maximum atomic E-state index is 13.9. The number of Topliss-reactive ketones (excluding diaryl/α,β-unsaturated/α-hetero) is 2. The molecular weight excluding hydrogens is 532 g/mol. The number of nitrogens with zero attached hydrogens (tertiary/aromatic N) is 1. The topological polar surface area (TPSA) is 128 Å². The number of likely N-dealkylation sites (tertiary alicyclic amines) is 1. The Bertz CT molecular complexity index is 1490. The maximum absolute atomic E-state index is 13.9. The van der Waals surface area contributed by atoms with Crippen molar-refractivity contribution < 1.29 is 24.0 Å². The Morgan fingerprint density at radius 1 is 1.00 bits per heavy atom. The fourth-order valence-electron chi connectivity index (χ4n) is 6.53. The Morgan fingerprint density at radius 2 is 1.76 bits per heavy atom. The second-order valence-electron chi connectivity index (χ2n) is 12.1. The van der Waals surface area contributed by atoms with Gasteiger partial charge in [-0.25, -0.2) is 0 Å². The fraction of sp³-hybridized carbons (Fsp3) is 0.424. The number of rotatable bonds is 9. The number of carbonyl (C=O) groups excluding carboxylic acids is 5. The number of carbonyl (C=O) groups is 5. The number of piperidine rings is 1. The van der Waals surface area contributed by atoms with Gasteiger partial charge in [-0.2, -0.15) is 0 Å². The first-order chi connectivity index (χ1) is 20.3. The normalized spacial score (nSPS) is 21.7. The van der Waals surface area contributed by atoms with E-state index < -0.39 is 29.7 Å². The first-order valence-electron chi connectivity index (χ1n) is 14.9. The molecule has 0 bridgehead atoms. The van der Waals surface area contributed by atoms with Crippen LogP contribution in [0.2, 0.25) is 0 Å². The predicted octanol–water partition coefficient (Wildman–Crippen LogP) is 3.68. The third kappa shape index (κ3) is 5.86. The van der Waals surface area contributed by atoms with Crippen molar-refractivity contribution in [1.82, 2.24) is 20.5 Å². The number of nitrogens with one attached hydrogen (secondary N) is 3. The Balaban J connectivity index is 1.21. The molecule has 218 valence electrons. The molecule has 2 aromatic carbocycles. The first kappa shape index (κ1) is 27.9. The number of benzene rings is 2. The summed E-state index contributed by atoms with van der Waals surface area (Å²) in [6.07, 6.45) is 5.22. The quantitative estimate of drug-likeness (QED) is 0.339. The van der Waals surface area contributed by atoms with Crippen LogP contribution in [0.5, 0.6) is 0 Å². The largest absolute Gasteiger partial charge is 0.351 e. The van der Waals surface area contributed by atoms with Gasteiger partial charge in [0.2, 0.25) is 11.7 Å². The van der Waals surface area contributed by atoms with E-state index in [2.05, 4.69) is 15.6 Å². The van der Waals surface area contributed by atoms with Crippen LogP contribution < -0.4 is 10.6 Å². The van der Waals surface area contributed by atoms with Crippen LogP contribution in [-0.2, 0) is 25.7 Å². The van der Waals surface area contributed by atoms with Crippen molar-refractivity contribution >= 4 is 40.2 Å². The van der Waals surface area contributed by atoms with Gasteiger partial charge >= 0.3 is 0 Å². The molecule has 3 N–H and O–H groups in total. The monoisotopic (exact) mass is 568 g/mol. The van der Waals surface area contributed by atoms with Crippen molar-refractivity contribution in [2.75, 3.05) is 6.54 Å².